The molecule has 0 saturated carbocycles. The third-order valence-corrected chi connectivity index (χ3v) is 2.63. The first kappa shape index (κ1) is 11.9. The lowest BCUT2D eigenvalue weighted by Crippen LogP contribution is -2.17. The van der Waals surface area contributed by atoms with Gasteiger partial charge in [-0.15, -0.1) is 0 Å². The van der Waals surface area contributed by atoms with Crippen molar-refractivity contribution in [3.63, 3.8) is 0 Å². The van der Waals surface area contributed by atoms with Crippen molar-refractivity contribution in [3.8, 4) is 0 Å². The second kappa shape index (κ2) is 5.05. The van der Waals surface area contributed by atoms with Gasteiger partial charge in [-0.05, 0) is 20.3 Å². The quantitative estimate of drug-likeness (QED) is 0.745. The number of carbonyl (C=O) groups is 1. The first-order chi connectivity index (χ1) is 7.06. The van der Waals surface area contributed by atoms with E-state index in [0.717, 1.165) is 12.2 Å². The maximum atomic E-state index is 11.7. The second-order valence-electron chi connectivity index (χ2n) is 4.17. The van der Waals surface area contributed by atoms with Gasteiger partial charge in [-0.3, -0.25) is 4.79 Å². The van der Waals surface area contributed by atoms with E-state index in [1.54, 1.807) is 4.68 Å². The number of rotatable bonds is 5. The fraction of sp³-hybridized carbons (Fsp3) is 0.727. The molecule has 1 atom stereocenters. The zero-order valence-electron chi connectivity index (χ0n) is 9.90. The Hall–Kier alpha value is -1.19. The minimum absolute atomic E-state index is 0.113. The Balaban J connectivity index is 2.72. The van der Waals surface area contributed by atoms with Crippen molar-refractivity contribution >= 4 is 5.78 Å². The summed E-state index contributed by atoms with van der Waals surface area (Å²) < 4.78 is 1.81. The highest BCUT2D eigenvalue weighted by atomic mass is 16.1. The molecule has 15 heavy (non-hydrogen) atoms. The Morgan fingerprint density at radius 1 is 1.47 bits per heavy atom. The van der Waals surface area contributed by atoms with Gasteiger partial charge >= 0.3 is 0 Å². The monoisotopic (exact) mass is 209 g/mol. The number of Topliss-reactive ketones (excluding diaryl/α,β-unsaturated/α-hetero) is 1. The van der Waals surface area contributed by atoms with E-state index in [9.17, 15) is 4.79 Å². The van der Waals surface area contributed by atoms with Gasteiger partial charge in [0.2, 0.25) is 0 Å². The van der Waals surface area contributed by atoms with E-state index in [4.69, 9.17) is 0 Å². The van der Waals surface area contributed by atoms with Crippen LogP contribution < -0.4 is 0 Å². The van der Waals surface area contributed by atoms with Crippen LogP contribution in [0.2, 0.25) is 0 Å². The van der Waals surface area contributed by atoms with E-state index < -0.39 is 0 Å². The summed E-state index contributed by atoms with van der Waals surface area (Å²) in [5, 5.41) is 4.11. The van der Waals surface area contributed by atoms with Gasteiger partial charge < -0.3 is 0 Å². The molecule has 0 saturated heterocycles. The van der Waals surface area contributed by atoms with Gasteiger partial charge in [-0.1, -0.05) is 13.8 Å². The van der Waals surface area contributed by atoms with Crippen LogP contribution in [0.25, 0.3) is 0 Å². The zero-order chi connectivity index (χ0) is 11.4. The van der Waals surface area contributed by atoms with Crippen LogP contribution in [0.1, 0.15) is 46.0 Å². The molecule has 0 aliphatic rings. The standard InChI is InChI=1S/C11H19N3O/c1-5-9(4)10(15)6-11-12-7-13-14(11)8(2)3/h7-9H,5-6H2,1-4H3. The summed E-state index contributed by atoms with van der Waals surface area (Å²) in [6.07, 6.45) is 2.79. The molecule has 0 aromatic carbocycles. The molecule has 1 aromatic heterocycles. The molecule has 84 valence electrons. The maximum absolute atomic E-state index is 11.7. The molecule has 1 rings (SSSR count). The minimum Gasteiger partial charge on any atom is -0.299 e. The van der Waals surface area contributed by atoms with E-state index in [1.165, 1.54) is 6.33 Å². The summed E-state index contributed by atoms with van der Waals surface area (Å²) in [6, 6.07) is 0.257. The van der Waals surface area contributed by atoms with Crippen LogP contribution >= 0.6 is 0 Å². The van der Waals surface area contributed by atoms with Gasteiger partial charge in [0.15, 0.2) is 0 Å². The van der Waals surface area contributed by atoms with Gasteiger partial charge in [-0.25, -0.2) is 9.67 Å². The summed E-state index contributed by atoms with van der Waals surface area (Å²) in [6.45, 7) is 8.05. The summed E-state index contributed by atoms with van der Waals surface area (Å²) >= 11 is 0. The molecule has 4 heteroatoms. The summed E-state index contributed by atoms with van der Waals surface area (Å²) in [5.74, 6) is 1.13. The molecule has 0 N–H and O–H groups in total. The van der Waals surface area contributed by atoms with Gasteiger partial charge in [0.05, 0.1) is 6.42 Å². The van der Waals surface area contributed by atoms with E-state index >= 15 is 0 Å². The number of hydrogen-bond acceptors (Lipinski definition) is 3. The second-order valence-corrected chi connectivity index (χ2v) is 4.17. The van der Waals surface area contributed by atoms with E-state index in [1.807, 2.05) is 27.7 Å². The molecule has 0 bridgehead atoms. The van der Waals surface area contributed by atoms with E-state index in [-0.39, 0.29) is 17.7 Å². The highest BCUT2D eigenvalue weighted by Crippen LogP contribution is 2.10. The SMILES string of the molecule is CCC(C)C(=O)Cc1ncnn1C(C)C. The van der Waals surface area contributed by atoms with Gasteiger partial charge in [-0.2, -0.15) is 5.10 Å². The predicted molar refractivity (Wildman–Crippen MR) is 58.6 cm³/mol. The van der Waals surface area contributed by atoms with Crippen LogP contribution in [0, 0.1) is 5.92 Å². The van der Waals surface area contributed by atoms with Crippen LogP contribution in [-0.4, -0.2) is 20.5 Å². The van der Waals surface area contributed by atoms with Crippen molar-refractivity contribution in [3.05, 3.63) is 12.2 Å². The largest absolute Gasteiger partial charge is 0.299 e. The lowest BCUT2D eigenvalue weighted by atomic mass is 10.0. The first-order valence-corrected chi connectivity index (χ1v) is 5.47. The fourth-order valence-corrected chi connectivity index (χ4v) is 1.39. The van der Waals surface area contributed by atoms with Gasteiger partial charge in [0.1, 0.15) is 17.9 Å². The lowest BCUT2D eigenvalue weighted by molar-refractivity contribution is -0.121. The Kier molecular flexibility index (Phi) is 4.00. The van der Waals surface area contributed by atoms with E-state index in [0.29, 0.717) is 6.42 Å². The molecule has 0 aliphatic carbocycles. The summed E-state index contributed by atoms with van der Waals surface area (Å²) in [7, 11) is 0. The Bertz CT molecular complexity index is 330. The van der Waals surface area contributed by atoms with Gasteiger partial charge in [0.25, 0.3) is 0 Å². The van der Waals surface area contributed by atoms with Crippen molar-refractivity contribution in [1.82, 2.24) is 14.8 Å². The third-order valence-electron chi connectivity index (χ3n) is 2.63. The van der Waals surface area contributed by atoms with Crippen molar-refractivity contribution in [1.29, 1.82) is 0 Å². The Labute approximate surface area is 90.7 Å². The van der Waals surface area contributed by atoms with Crippen molar-refractivity contribution in [2.24, 2.45) is 5.92 Å². The third kappa shape index (κ3) is 2.88. The summed E-state index contributed by atoms with van der Waals surface area (Å²) in [4.78, 5) is 15.9. The van der Waals surface area contributed by atoms with Crippen molar-refractivity contribution in [2.45, 2.75) is 46.6 Å². The molecule has 0 fully saturated rings. The molecule has 1 heterocycles. The average molecular weight is 209 g/mol. The van der Waals surface area contributed by atoms with E-state index in [2.05, 4.69) is 10.1 Å². The molecule has 1 aromatic rings. The lowest BCUT2D eigenvalue weighted by Gasteiger charge is -2.10. The number of ketones is 1. The van der Waals surface area contributed by atoms with Crippen LogP contribution in [0.15, 0.2) is 6.33 Å². The zero-order valence-corrected chi connectivity index (χ0v) is 9.90. The molecular formula is C11H19N3O. The topological polar surface area (TPSA) is 47.8 Å². The molecule has 4 nitrogen and oxygen atoms in total. The average Bonchev–Trinajstić information content (AvgIpc) is 2.64. The normalized spacial score (nSPS) is 13.1. The highest BCUT2D eigenvalue weighted by molar-refractivity contribution is 5.82. The van der Waals surface area contributed by atoms with Crippen LogP contribution in [0.5, 0.6) is 0 Å². The maximum Gasteiger partial charge on any atom is 0.143 e. The molecule has 0 aliphatic heterocycles. The minimum atomic E-state index is 0.113. The van der Waals surface area contributed by atoms with Crippen LogP contribution in [0.4, 0.5) is 0 Å². The van der Waals surface area contributed by atoms with Crippen LogP contribution in [-0.2, 0) is 11.2 Å². The number of carbonyl (C=O) groups excluding carboxylic acids is 1. The predicted octanol–water partition coefficient (Wildman–Crippen LogP) is 2.02. The summed E-state index contributed by atoms with van der Waals surface area (Å²) in [5.41, 5.74) is 0. The highest BCUT2D eigenvalue weighted by Gasteiger charge is 2.16. The number of aromatic nitrogens is 3. The fourth-order valence-electron chi connectivity index (χ4n) is 1.39. The smallest absolute Gasteiger partial charge is 0.143 e. The van der Waals surface area contributed by atoms with Crippen LogP contribution in [0.3, 0.4) is 0 Å². The number of nitrogens with zero attached hydrogens (tertiary/aromatic N) is 3. The Morgan fingerprint density at radius 3 is 2.67 bits per heavy atom. The van der Waals surface area contributed by atoms with Gasteiger partial charge in [0, 0.05) is 12.0 Å². The molecule has 0 spiro atoms. The molecule has 0 amide bonds. The molecule has 1 unspecified atom stereocenters. The van der Waals surface area contributed by atoms with Crippen molar-refractivity contribution in [2.75, 3.05) is 0 Å². The molecular weight excluding hydrogens is 190 g/mol. The Morgan fingerprint density at radius 2 is 2.13 bits per heavy atom. The van der Waals surface area contributed by atoms with Crippen molar-refractivity contribution < 1.29 is 4.79 Å². The number of hydrogen-bond donors (Lipinski definition) is 0. The first-order valence-electron chi connectivity index (χ1n) is 5.47. The molecule has 0 radical (unpaired) electrons.